The molecule has 2 saturated heterocycles. The van der Waals surface area contributed by atoms with E-state index in [-0.39, 0.29) is 6.09 Å². The molecule has 0 aliphatic carbocycles. The van der Waals surface area contributed by atoms with Gasteiger partial charge in [0.25, 0.3) is 0 Å². The maximum atomic E-state index is 11.9. The van der Waals surface area contributed by atoms with Crippen LogP contribution < -0.4 is 0 Å². The lowest BCUT2D eigenvalue weighted by Crippen LogP contribution is -2.50. The zero-order valence-electron chi connectivity index (χ0n) is 13.7. The van der Waals surface area contributed by atoms with Crippen molar-refractivity contribution < 1.29 is 14.3 Å². The van der Waals surface area contributed by atoms with E-state index in [2.05, 4.69) is 24.3 Å². The van der Waals surface area contributed by atoms with Crippen LogP contribution >= 0.6 is 0 Å². The molecule has 2 aliphatic rings. The van der Waals surface area contributed by atoms with Gasteiger partial charge in [0, 0.05) is 31.5 Å². The van der Waals surface area contributed by atoms with Crippen LogP contribution in [0.15, 0.2) is 24.3 Å². The Labute approximate surface area is 132 Å². The van der Waals surface area contributed by atoms with Gasteiger partial charge in [-0.1, -0.05) is 24.3 Å². The molecule has 1 aromatic rings. The number of hydrogen-bond acceptors (Lipinski definition) is 3. The number of nitrogens with zero attached hydrogens (tertiary/aromatic N) is 1. The van der Waals surface area contributed by atoms with Crippen LogP contribution in [-0.2, 0) is 9.47 Å². The molecular formula is C18H25NO3. The number of carbonyl (C=O) groups is 1. The highest BCUT2D eigenvalue weighted by Crippen LogP contribution is 2.31. The van der Waals surface area contributed by atoms with Gasteiger partial charge in [-0.15, -0.1) is 0 Å². The molecule has 1 aromatic carbocycles. The van der Waals surface area contributed by atoms with E-state index in [0.29, 0.717) is 11.8 Å². The van der Waals surface area contributed by atoms with Crippen molar-refractivity contribution in [2.24, 2.45) is 0 Å². The fraction of sp³-hybridized carbons (Fsp3) is 0.611. The summed E-state index contributed by atoms with van der Waals surface area (Å²) >= 11 is 0. The SMILES string of the molecule is CC(C)(C)OC(=O)N1CC(c2ccc(C3CCOC3)cc2)C1. The summed E-state index contributed by atoms with van der Waals surface area (Å²) in [5.41, 5.74) is 2.25. The standard InChI is InChI=1S/C18H25NO3/c1-18(2,3)22-17(20)19-10-16(11-19)14-6-4-13(5-7-14)15-8-9-21-12-15/h4-7,15-16H,8-12H2,1-3H3. The summed E-state index contributed by atoms with van der Waals surface area (Å²) in [5.74, 6) is 0.982. The predicted molar refractivity (Wildman–Crippen MR) is 85.2 cm³/mol. The summed E-state index contributed by atoms with van der Waals surface area (Å²) in [6, 6.07) is 8.82. The number of ether oxygens (including phenoxy) is 2. The first-order valence-corrected chi connectivity index (χ1v) is 8.08. The van der Waals surface area contributed by atoms with Crippen molar-refractivity contribution in [3.63, 3.8) is 0 Å². The number of likely N-dealkylation sites (tertiary alicyclic amines) is 1. The molecule has 0 radical (unpaired) electrons. The van der Waals surface area contributed by atoms with E-state index in [1.165, 1.54) is 11.1 Å². The third-order valence-corrected chi connectivity index (χ3v) is 4.34. The van der Waals surface area contributed by atoms with Gasteiger partial charge in [-0.05, 0) is 38.3 Å². The molecule has 3 rings (SSSR count). The minimum atomic E-state index is -0.423. The summed E-state index contributed by atoms with van der Waals surface area (Å²) in [7, 11) is 0. The molecule has 2 aliphatic heterocycles. The summed E-state index contributed by atoms with van der Waals surface area (Å²) in [4.78, 5) is 13.7. The van der Waals surface area contributed by atoms with E-state index in [4.69, 9.17) is 9.47 Å². The van der Waals surface area contributed by atoms with Crippen molar-refractivity contribution in [2.45, 2.75) is 44.6 Å². The molecule has 1 atom stereocenters. The van der Waals surface area contributed by atoms with E-state index in [9.17, 15) is 4.79 Å². The first-order valence-electron chi connectivity index (χ1n) is 8.08. The van der Waals surface area contributed by atoms with Crippen LogP contribution in [0.5, 0.6) is 0 Å². The summed E-state index contributed by atoms with van der Waals surface area (Å²) in [6.07, 6.45) is 0.915. The topological polar surface area (TPSA) is 38.8 Å². The van der Waals surface area contributed by atoms with Crippen LogP contribution in [-0.4, -0.2) is 42.9 Å². The van der Waals surface area contributed by atoms with Gasteiger partial charge < -0.3 is 14.4 Å². The van der Waals surface area contributed by atoms with Crippen molar-refractivity contribution in [2.75, 3.05) is 26.3 Å². The van der Waals surface area contributed by atoms with E-state index in [0.717, 1.165) is 32.7 Å². The number of carbonyl (C=O) groups excluding carboxylic acids is 1. The van der Waals surface area contributed by atoms with Crippen LogP contribution in [0.4, 0.5) is 4.79 Å². The Morgan fingerprint density at radius 2 is 1.73 bits per heavy atom. The van der Waals surface area contributed by atoms with Crippen molar-refractivity contribution in [1.29, 1.82) is 0 Å². The van der Waals surface area contributed by atoms with Gasteiger partial charge in [-0.25, -0.2) is 4.79 Å². The molecule has 22 heavy (non-hydrogen) atoms. The van der Waals surface area contributed by atoms with Crippen LogP contribution in [0.3, 0.4) is 0 Å². The molecule has 0 spiro atoms. The van der Waals surface area contributed by atoms with Crippen LogP contribution in [0.1, 0.15) is 50.2 Å². The van der Waals surface area contributed by atoms with Crippen LogP contribution in [0.2, 0.25) is 0 Å². The maximum Gasteiger partial charge on any atom is 0.410 e. The minimum Gasteiger partial charge on any atom is -0.444 e. The first kappa shape index (κ1) is 15.3. The third-order valence-electron chi connectivity index (χ3n) is 4.34. The molecule has 1 unspecified atom stereocenters. The molecule has 4 nitrogen and oxygen atoms in total. The smallest absolute Gasteiger partial charge is 0.410 e. The highest BCUT2D eigenvalue weighted by Gasteiger charge is 2.34. The second kappa shape index (κ2) is 5.92. The molecule has 0 bridgehead atoms. The molecule has 0 saturated carbocycles. The van der Waals surface area contributed by atoms with Crippen molar-refractivity contribution in [3.05, 3.63) is 35.4 Å². The lowest BCUT2D eigenvalue weighted by atomic mass is 9.89. The van der Waals surface area contributed by atoms with Crippen LogP contribution in [0.25, 0.3) is 0 Å². The van der Waals surface area contributed by atoms with Gasteiger partial charge in [-0.2, -0.15) is 0 Å². The Morgan fingerprint density at radius 3 is 2.23 bits per heavy atom. The number of benzene rings is 1. The largest absolute Gasteiger partial charge is 0.444 e. The van der Waals surface area contributed by atoms with Crippen molar-refractivity contribution in [3.8, 4) is 0 Å². The number of rotatable bonds is 2. The first-order chi connectivity index (χ1) is 10.4. The monoisotopic (exact) mass is 303 g/mol. The quantitative estimate of drug-likeness (QED) is 0.839. The lowest BCUT2D eigenvalue weighted by molar-refractivity contribution is 0.00819. The molecule has 1 amide bonds. The minimum absolute atomic E-state index is 0.205. The Bertz CT molecular complexity index is 520. The van der Waals surface area contributed by atoms with Gasteiger partial charge in [0.15, 0.2) is 0 Å². The lowest BCUT2D eigenvalue weighted by Gasteiger charge is -2.40. The van der Waals surface area contributed by atoms with Gasteiger partial charge in [0.1, 0.15) is 5.60 Å². The van der Waals surface area contributed by atoms with Crippen molar-refractivity contribution >= 4 is 6.09 Å². The van der Waals surface area contributed by atoms with Gasteiger partial charge in [0.2, 0.25) is 0 Å². The summed E-state index contributed by atoms with van der Waals surface area (Å²) in [6.45, 7) is 8.91. The highest BCUT2D eigenvalue weighted by molar-refractivity contribution is 5.69. The molecule has 2 heterocycles. The predicted octanol–water partition coefficient (Wildman–Crippen LogP) is 3.52. The third kappa shape index (κ3) is 3.43. The average Bonchev–Trinajstić information content (AvgIpc) is 2.89. The van der Waals surface area contributed by atoms with E-state index in [1.54, 1.807) is 4.90 Å². The second-order valence-electron chi connectivity index (χ2n) is 7.31. The molecule has 2 fully saturated rings. The second-order valence-corrected chi connectivity index (χ2v) is 7.31. The van der Waals surface area contributed by atoms with E-state index < -0.39 is 5.60 Å². The number of amides is 1. The highest BCUT2D eigenvalue weighted by atomic mass is 16.6. The fourth-order valence-electron chi connectivity index (χ4n) is 3.00. The molecule has 120 valence electrons. The number of hydrogen-bond donors (Lipinski definition) is 0. The Hall–Kier alpha value is -1.55. The Balaban J connectivity index is 1.53. The van der Waals surface area contributed by atoms with E-state index in [1.807, 2.05) is 20.8 Å². The van der Waals surface area contributed by atoms with Crippen LogP contribution in [0, 0.1) is 0 Å². The fourth-order valence-corrected chi connectivity index (χ4v) is 3.00. The normalized spacial score (nSPS) is 22.5. The molecule has 0 N–H and O–H groups in total. The van der Waals surface area contributed by atoms with E-state index >= 15 is 0 Å². The van der Waals surface area contributed by atoms with Gasteiger partial charge in [0.05, 0.1) is 6.61 Å². The van der Waals surface area contributed by atoms with Gasteiger partial charge in [-0.3, -0.25) is 0 Å². The molecule has 4 heteroatoms. The molecule has 0 aromatic heterocycles. The summed E-state index contributed by atoms with van der Waals surface area (Å²) in [5, 5.41) is 0. The van der Waals surface area contributed by atoms with Crippen molar-refractivity contribution in [1.82, 2.24) is 4.90 Å². The Morgan fingerprint density at radius 1 is 1.14 bits per heavy atom. The molecular weight excluding hydrogens is 278 g/mol. The zero-order chi connectivity index (χ0) is 15.7. The average molecular weight is 303 g/mol. The maximum absolute atomic E-state index is 11.9. The van der Waals surface area contributed by atoms with Gasteiger partial charge >= 0.3 is 6.09 Å². The summed E-state index contributed by atoms with van der Waals surface area (Å²) < 4.78 is 10.8. The zero-order valence-corrected chi connectivity index (χ0v) is 13.7. The Kier molecular flexibility index (Phi) is 4.13.